The molecule has 2 aromatic rings. The number of urea groups is 1. The number of nitrogens with zero attached hydrogens (tertiary/aromatic N) is 3. The number of ether oxygens (including phenoxy) is 1. The van der Waals surface area contributed by atoms with E-state index in [9.17, 15) is 9.59 Å². The number of anilines is 1. The molecule has 2 heterocycles. The van der Waals surface area contributed by atoms with E-state index in [-0.39, 0.29) is 11.9 Å². The monoisotopic (exact) mass is 412 g/mol. The van der Waals surface area contributed by atoms with Crippen molar-refractivity contribution < 1.29 is 14.3 Å². The molecule has 0 spiro atoms. The van der Waals surface area contributed by atoms with Gasteiger partial charge in [0.1, 0.15) is 11.8 Å². The van der Waals surface area contributed by atoms with Crippen LogP contribution in [0.4, 0.5) is 10.5 Å². The van der Waals surface area contributed by atoms with Gasteiger partial charge in [0.25, 0.3) is 0 Å². The Balaban J connectivity index is 1.71. The summed E-state index contributed by atoms with van der Waals surface area (Å²) in [5.41, 5.74) is 7.25. The Labute approximate surface area is 176 Å². The van der Waals surface area contributed by atoms with Crippen LogP contribution in [0.25, 0.3) is 0 Å². The van der Waals surface area contributed by atoms with Crippen LogP contribution in [0.1, 0.15) is 5.56 Å². The van der Waals surface area contributed by atoms with E-state index in [1.807, 2.05) is 12.1 Å². The van der Waals surface area contributed by atoms with Gasteiger partial charge < -0.3 is 26.0 Å². The minimum absolute atomic E-state index is 0.208. The van der Waals surface area contributed by atoms with E-state index in [1.165, 1.54) is 0 Å². The van der Waals surface area contributed by atoms with Crippen molar-refractivity contribution in [2.45, 2.75) is 12.6 Å². The van der Waals surface area contributed by atoms with Gasteiger partial charge in [-0.25, -0.2) is 4.79 Å². The van der Waals surface area contributed by atoms with E-state index >= 15 is 0 Å². The van der Waals surface area contributed by atoms with Crippen LogP contribution >= 0.6 is 0 Å². The summed E-state index contributed by atoms with van der Waals surface area (Å²) in [7, 11) is 1.57. The number of amides is 3. The standard InChI is InChI=1S/C21H28N6O3/c1-30-18-4-2-3-17(13-18)25-21(29)27-12-11-26(14-16-5-8-23-9-6-16)15-19(27)20(28)24-10-7-22/h2-6,8-9,13,19H,7,10-12,14-15,22H2,1H3,(H,24,28)(H,25,29). The Hall–Kier alpha value is -3.17. The molecule has 1 aliphatic rings. The van der Waals surface area contributed by atoms with Crippen LogP contribution in [-0.2, 0) is 11.3 Å². The highest BCUT2D eigenvalue weighted by Crippen LogP contribution is 2.19. The lowest BCUT2D eigenvalue weighted by molar-refractivity contribution is -0.127. The predicted octanol–water partition coefficient (Wildman–Crippen LogP) is 0.883. The molecule has 30 heavy (non-hydrogen) atoms. The van der Waals surface area contributed by atoms with Gasteiger partial charge in [-0.15, -0.1) is 0 Å². The molecule has 1 aliphatic heterocycles. The third kappa shape index (κ3) is 5.68. The fourth-order valence-electron chi connectivity index (χ4n) is 3.41. The van der Waals surface area contributed by atoms with Crippen molar-refractivity contribution in [2.75, 3.05) is 45.2 Å². The first-order valence-electron chi connectivity index (χ1n) is 9.91. The van der Waals surface area contributed by atoms with E-state index in [2.05, 4.69) is 20.5 Å². The van der Waals surface area contributed by atoms with Crippen molar-refractivity contribution in [2.24, 2.45) is 5.73 Å². The molecule has 9 nitrogen and oxygen atoms in total. The second kappa shape index (κ2) is 10.6. The number of rotatable bonds is 7. The molecule has 0 aliphatic carbocycles. The number of methoxy groups -OCH3 is 1. The zero-order chi connectivity index (χ0) is 21.3. The molecule has 1 fully saturated rings. The maximum absolute atomic E-state index is 13.0. The largest absolute Gasteiger partial charge is 0.497 e. The molecule has 1 saturated heterocycles. The molecule has 0 radical (unpaired) electrons. The van der Waals surface area contributed by atoms with Gasteiger partial charge in [0.2, 0.25) is 5.91 Å². The van der Waals surface area contributed by atoms with E-state index < -0.39 is 6.04 Å². The second-order valence-corrected chi connectivity index (χ2v) is 7.04. The first kappa shape index (κ1) is 21.5. The van der Waals surface area contributed by atoms with Crippen molar-refractivity contribution >= 4 is 17.6 Å². The normalized spacial score (nSPS) is 16.7. The van der Waals surface area contributed by atoms with Gasteiger partial charge in [0.05, 0.1) is 7.11 Å². The lowest BCUT2D eigenvalue weighted by Crippen LogP contribution is -2.61. The number of piperazine rings is 1. The van der Waals surface area contributed by atoms with Crippen molar-refractivity contribution in [3.05, 3.63) is 54.4 Å². The van der Waals surface area contributed by atoms with Crippen molar-refractivity contribution in [3.63, 3.8) is 0 Å². The zero-order valence-corrected chi connectivity index (χ0v) is 17.1. The quantitative estimate of drug-likeness (QED) is 0.622. The van der Waals surface area contributed by atoms with E-state index in [4.69, 9.17) is 10.5 Å². The molecule has 3 amide bonds. The number of carbonyl (C=O) groups excluding carboxylic acids is 2. The minimum atomic E-state index is -0.613. The summed E-state index contributed by atoms with van der Waals surface area (Å²) in [5, 5.41) is 5.68. The molecular formula is C21H28N6O3. The third-order valence-electron chi connectivity index (χ3n) is 4.95. The molecule has 160 valence electrons. The topological polar surface area (TPSA) is 113 Å². The molecule has 4 N–H and O–H groups in total. The van der Waals surface area contributed by atoms with Crippen LogP contribution in [0, 0.1) is 0 Å². The molecule has 1 atom stereocenters. The van der Waals surface area contributed by atoms with Crippen molar-refractivity contribution in [3.8, 4) is 5.75 Å². The van der Waals surface area contributed by atoms with Gasteiger partial charge in [0.15, 0.2) is 0 Å². The van der Waals surface area contributed by atoms with Gasteiger partial charge in [-0.2, -0.15) is 0 Å². The van der Waals surface area contributed by atoms with Crippen LogP contribution in [0.2, 0.25) is 0 Å². The Morgan fingerprint density at radius 3 is 2.77 bits per heavy atom. The fraction of sp³-hybridized carbons (Fsp3) is 0.381. The highest BCUT2D eigenvalue weighted by Gasteiger charge is 2.35. The van der Waals surface area contributed by atoms with Gasteiger partial charge in [-0.3, -0.25) is 14.7 Å². The Kier molecular flexibility index (Phi) is 7.58. The molecular weight excluding hydrogens is 384 g/mol. The molecule has 1 unspecified atom stereocenters. The Morgan fingerprint density at radius 2 is 2.03 bits per heavy atom. The summed E-state index contributed by atoms with van der Waals surface area (Å²) in [6.07, 6.45) is 3.50. The average Bonchev–Trinajstić information content (AvgIpc) is 2.78. The average molecular weight is 412 g/mol. The van der Waals surface area contributed by atoms with Crippen molar-refractivity contribution in [1.82, 2.24) is 20.1 Å². The highest BCUT2D eigenvalue weighted by molar-refractivity contribution is 5.94. The number of benzene rings is 1. The zero-order valence-electron chi connectivity index (χ0n) is 17.1. The van der Waals surface area contributed by atoms with E-state index in [1.54, 1.807) is 48.7 Å². The number of hydrogen-bond donors (Lipinski definition) is 3. The predicted molar refractivity (Wildman–Crippen MR) is 114 cm³/mol. The van der Waals surface area contributed by atoms with E-state index in [0.717, 1.165) is 5.56 Å². The Bertz CT molecular complexity index is 848. The lowest BCUT2D eigenvalue weighted by Gasteiger charge is -2.40. The van der Waals surface area contributed by atoms with Gasteiger partial charge in [-0.05, 0) is 29.8 Å². The SMILES string of the molecule is COc1cccc(NC(=O)N2CCN(Cc3ccncc3)CC2C(=O)NCCN)c1. The number of hydrogen-bond acceptors (Lipinski definition) is 6. The summed E-state index contributed by atoms with van der Waals surface area (Å²) in [6, 6.07) is 10.1. The number of aromatic nitrogens is 1. The van der Waals surface area contributed by atoms with Crippen LogP contribution < -0.4 is 21.1 Å². The molecule has 0 bridgehead atoms. The van der Waals surface area contributed by atoms with Crippen LogP contribution in [0.5, 0.6) is 5.75 Å². The number of carbonyl (C=O) groups is 2. The van der Waals surface area contributed by atoms with Crippen molar-refractivity contribution in [1.29, 1.82) is 0 Å². The summed E-state index contributed by atoms with van der Waals surface area (Å²) >= 11 is 0. The lowest BCUT2D eigenvalue weighted by atomic mass is 10.1. The first-order chi connectivity index (χ1) is 14.6. The molecule has 9 heteroatoms. The van der Waals surface area contributed by atoms with E-state index in [0.29, 0.717) is 50.7 Å². The summed E-state index contributed by atoms with van der Waals surface area (Å²) in [6.45, 7) is 2.93. The number of nitrogens with one attached hydrogen (secondary N) is 2. The molecule has 0 saturated carbocycles. The summed E-state index contributed by atoms with van der Waals surface area (Å²) in [5.74, 6) is 0.438. The van der Waals surface area contributed by atoms with Crippen LogP contribution in [0.15, 0.2) is 48.8 Å². The van der Waals surface area contributed by atoms with Gasteiger partial charge in [-0.1, -0.05) is 6.07 Å². The number of nitrogens with two attached hydrogens (primary N) is 1. The number of pyridine rings is 1. The molecule has 1 aromatic carbocycles. The highest BCUT2D eigenvalue weighted by atomic mass is 16.5. The summed E-state index contributed by atoms with van der Waals surface area (Å²) < 4.78 is 5.20. The maximum atomic E-state index is 13.0. The van der Waals surface area contributed by atoms with Gasteiger partial charge in [0, 0.05) is 63.4 Å². The second-order valence-electron chi connectivity index (χ2n) is 7.04. The third-order valence-corrected chi connectivity index (χ3v) is 4.95. The maximum Gasteiger partial charge on any atom is 0.322 e. The minimum Gasteiger partial charge on any atom is -0.497 e. The first-order valence-corrected chi connectivity index (χ1v) is 9.91. The Morgan fingerprint density at radius 1 is 1.23 bits per heavy atom. The molecule has 3 rings (SSSR count). The van der Waals surface area contributed by atoms with Gasteiger partial charge >= 0.3 is 6.03 Å². The van der Waals surface area contributed by atoms with Crippen LogP contribution in [-0.4, -0.2) is 72.6 Å². The molecule has 1 aromatic heterocycles. The van der Waals surface area contributed by atoms with Crippen LogP contribution in [0.3, 0.4) is 0 Å². The smallest absolute Gasteiger partial charge is 0.322 e. The summed E-state index contributed by atoms with van der Waals surface area (Å²) in [4.78, 5) is 33.5. The fourth-order valence-corrected chi connectivity index (χ4v) is 3.41.